The first-order valence-corrected chi connectivity index (χ1v) is 11.8. The molecule has 158 valence electrons. The van der Waals surface area contributed by atoms with Crippen molar-refractivity contribution in [2.45, 2.75) is 29.9 Å². The Morgan fingerprint density at radius 2 is 1.97 bits per heavy atom. The molecule has 2 aromatic rings. The predicted molar refractivity (Wildman–Crippen MR) is 114 cm³/mol. The van der Waals surface area contributed by atoms with Crippen LogP contribution in [-0.4, -0.2) is 60.2 Å². The first-order valence-electron chi connectivity index (χ1n) is 9.88. The van der Waals surface area contributed by atoms with E-state index in [0.717, 1.165) is 5.56 Å². The second kappa shape index (κ2) is 7.23. The highest BCUT2D eigenvalue weighted by atomic mass is 35.5. The van der Waals surface area contributed by atoms with Crippen molar-refractivity contribution in [3.8, 4) is 0 Å². The third kappa shape index (κ3) is 3.37. The Bertz CT molecular complexity index is 1080. The molecule has 2 aromatic carbocycles. The summed E-state index contributed by atoms with van der Waals surface area (Å²) in [5.74, 6) is 0. The van der Waals surface area contributed by atoms with Crippen molar-refractivity contribution in [3.63, 3.8) is 0 Å². The third-order valence-electron chi connectivity index (χ3n) is 6.07. The lowest BCUT2D eigenvalue weighted by atomic mass is 9.99. The Balaban J connectivity index is 1.36. The number of anilines is 1. The van der Waals surface area contributed by atoms with Crippen molar-refractivity contribution in [1.82, 2.24) is 9.21 Å². The van der Waals surface area contributed by atoms with Crippen LogP contribution in [0.1, 0.15) is 12.0 Å². The van der Waals surface area contributed by atoms with Gasteiger partial charge in [0.15, 0.2) is 0 Å². The summed E-state index contributed by atoms with van der Waals surface area (Å²) in [7, 11) is -3.54. The van der Waals surface area contributed by atoms with Crippen molar-refractivity contribution in [2.75, 3.05) is 25.0 Å². The number of nitrogens with one attached hydrogen (secondary N) is 1. The van der Waals surface area contributed by atoms with Gasteiger partial charge in [0, 0.05) is 30.3 Å². The van der Waals surface area contributed by atoms with Gasteiger partial charge in [-0.3, -0.25) is 0 Å². The minimum Gasteiger partial charge on any atom is -0.365 e. The number of hydrogen-bond donors (Lipinski definition) is 1. The monoisotopic (exact) mass is 447 g/mol. The number of nitrogens with zero attached hydrogens (tertiary/aromatic N) is 2. The van der Waals surface area contributed by atoms with Crippen LogP contribution in [0.25, 0.3) is 0 Å². The summed E-state index contributed by atoms with van der Waals surface area (Å²) >= 11 is 6.06. The molecule has 0 aromatic heterocycles. The number of likely N-dealkylation sites (tertiary alicyclic amines) is 1. The highest BCUT2D eigenvalue weighted by Gasteiger charge is 2.65. The summed E-state index contributed by atoms with van der Waals surface area (Å²) in [5, 5.41) is 2.82. The van der Waals surface area contributed by atoms with Gasteiger partial charge in [0.2, 0.25) is 10.0 Å². The minimum absolute atomic E-state index is 0.234. The second-order valence-electron chi connectivity index (χ2n) is 8.15. The quantitative estimate of drug-likeness (QED) is 0.784. The van der Waals surface area contributed by atoms with E-state index in [4.69, 9.17) is 16.3 Å². The van der Waals surface area contributed by atoms with Crippen LogP contribution >= 0.6 is 11.6 Å². The van der Waals surface area contributed by atoms with Crippen molar-refractivity contribution < 1.29 is 17.9 Å². The van der Waals surface area contributed by atoms with Gasteiger partial charge in [-0.05, 0) is 36.2 Å². The van der Waals surface area contributed by atoms with E-state index in [-0.39, 0.29) is 31.8 Å². The molecule has 0 aliphatic carbocycles. The molecule has 0 unspecified atom stereocenters. The summed E-state index contributed by atoms with van der Waals surface area (Å²) in [6, 6.07) is 16.2. The number of carbonyl (C=O) groups excluding carboxylic acids is 1. The van der Waals surface area contributed by atoms with Crippen LogP contribution in [-0.2, 0) is 21.3 Å². The topological polar surface area (TPSA) is 79.0 Å². The molecule has 1 spiro atoms. The fourth-order valence-electron chi connectivity index (χ4n) is 4.81. The normalized spacial score (nSPS) is 29.6. The number of fused-ring (bicyclic) bond motifs is 1. The van der Waals surface area contributed by atoms with Gasteiger partial charge in [0.25, 0.3) is 0 Å². The van der Waals surface area contributed by atoms with Crippen LogP contribution in [0.4, 0.5) is 10.5 Å². The fourth-order valence-corrected chi connectivity index (χ4v) is 7.31. The molecular formula is C21H22ClN3O4S. The number of benzene rings is 2. The van der Waals surface area contributed by atoms with E-state index in [2.05, 4.69) is 5.32 Å². The molecule has 3 aliphatic rings. The highest BCUT2D eigenvalue weighted by Crippen LogP contribution is 2.47. The number of halogens is 1. The van der Waals surface area contributed by atoms with Crippen molar-refractivity contribution in [2.24, 2.45) is 0 Å². The largest absolute Gasteiger partial charge is 0.365 e. The van der Waals surface area contributed by atoms with Crippen LogP contribution < -0.4 is 5.32 Å². The van der Waals surface area contributed by atoms with Crippen molar-refractivity contribution in [3.05, 3.63) is 65.2 Å². The van der Waals surface area contributed by atoms with E-state index < -0.39 is 20.9 Å². The molecule has 9 heteroatoms. The zero-order chi connectivity index (χ0) is 20.9. The summed E-state index contributed by atoms with van der Waals surface area (Å²) in [5.41, 5.74) is 0.638. The number of urea groups is 1. The molecule has 0 radical (unpaired) electrons. The maximum atomic E-state index is 13.3. The maximum Gasteiger partial charge on any atom is 0.322 e. The number of morpholine rings is 1. The highest BCUT2D eigenvalue weighted by molar-refractivity contribution is 7.90. The number of amides is 2. The molecule has 3 fully saturated rings. The maximum absolute atomic E-state index is 13.3. The molecule has 7 nitrogen and oxygen atoms in total. The number of sulfonamides is 1. The molecule has 30 heavy (non-hydrogen) atoms. The molecule has 2 amide bonds. The molecule has 5 rings (SSSR count). The number of para-hydroxylation sites is 1. The van der Waals surface area contributed by atoms with Gasteiger partial charge < -0.3 is 15.0 Å². The molecule has 3 aliphatic heterocycles. The Kier molecular flexibility index (Phi) is 4.77. The standard InChI is InChI=1S/C21H22ClN3O4S/c22-16-6-4-5-15(9-16)11-25-14-21-13-24(20(26)23-17-7-2-1-3-8-17)12-18(29-21)10-19(21)30(25,27)28/h1-9,18-19H,10-14H2,(H,23,26)/t18-,19+,21+/m1/s1. The van der Waals surface area contributed by atoms with E-state index in [1.54, 1.807) is 17.0 Å². The van der Waals surface area contributed by atoms with E-state index in [9.17, 15) is 13.2 Å². The number of rotatable bonds is 3. The zero-order valence-electron chi connectivity index (χ0n) is 16.2. The lowest BCUT2D eigenvalue weighted by Gasteiger charge is -2.39. The zero-order valence-corrected chi connectivity index (χ0v) is 17.8. The van der Waals surface area contributed by atoms with Crippen molar-refractivity contribution >= 4 is 33.3 Å². The van der Waals surface area contributed by atoms with Crippen LogP contribution in [0, 0.1) is 0 Å². The first kappa shape index (κ1) is 19.8. The van der Waals surface area contributed by atoms with Crippen LogP contribution in [0.15, 0.2) is 54.6 Å². The first-order chi connectivity index (χ1) is 14.4. The smallest absolute Gasteiger partial charge is 0.322 e. The van der Waals surface area contributed by atoms with Gasteiger partial charge in [-0.25, -0.2) is 13.2 Å². The van der Waals surface area contributed by atoms with Gasteiger partial charge in [-0.15, -0.1) is 0 Å². The van der Waals surface area contributed by atoms with Gasteiger partial charge in [0.05, 0.1) is 12.6 Å². The molecule has 2 bridgehead atoms. The summed E-state index contributed by atoms with van der Waals surface area (Å²) in [4.78, 5) is 14.5. The number of ether oxygens (including phenoxy) is 1. The van der Waals surface area contributed by atoms with E-state index in [1.807, 2.05) is 42.5 Å². The number of carbonyl (C=O) groups is 1. The second-order valence-corrected chi connectivity index (χ2v) is 10.7. The SMILES string of the molecule is O=C(Nc1ccccc1)N1C[C@H]2C[C@H]3[C@](C1)(CN(Cc1cccc(Cl)c1)S3(=O)=O)O2. The lowest BCUT2D eigenvalue weighted by Crippen LogP contribution is -2.57. The van der Waals surface area contributed by atoms with Gasteiger partial charge in [-0.1, -0.05) is 41.9 Å². The van der Waals surface area contributed by atoms with Gasteiger partial charge >= 0.3 is 6.03 Å². The van der Waals surface area contributed by atoms with Crippen molar-refractivity contribution in [1.29, 1.82) is 0 Å². The average Bonchev–Trinajstić information content (AvgIpc) is 3.08. The van der Waals surface area contributed by atoms with E-state index in [1.165, 1.54) is 4.31 Å². The van der Waals surface area contributed by atoms with Crippen LogP contribution in [0.2, 0.25) is 5.02 Å². The molecule has 1 N–H and O–H groups in total. The Morgan fingerprint density at radius 1 is 1.17 bits per heavy atom. The molecule has 3 saturated heterocycles. The van der Waals surface area contributed by atoms with Crippen LogP contribution in [0.3, 0.4) is 0 Å². The number of hydrogen-bond acceptors (Lipinski definition) is 4. The molecule has 3 heterocycles. The Labute approximate surface area is 180 Å². The Morgan fingerprint density at radius 3 is 2.73 bits per heavy atom. The lowest BCUT2D eigenvalue weighted by molar-refractivity contribution is -0.0946. The van der Waals surface area contributed by atoms with E-state index >= 15 is 0 Å². The molecular weight excluding hydrogens is 426 g/mol. The summed E-state index contributed by atoms with van der Waals surface area (Å²) in [6.45, 7) is 1.11. The minimum atomic E-state index is -3.54. The Hall–Kier alpha value is -2.13. The van der Waals surface area contributed by atoms with E-state index in [0.29, 0.717) is 23.7 Å². The fraction of sp³-hybridized carbons (Fsp3) is 0.381. The molecule has 3 atom stereocenters. The third-order valence-corrected chi connectivity index (χ3v) is 8.63. The molecule has 0 saturated carbocycles. The summed E-state index contributed by atoms with van der Waals surface area (Å²) in [6.07, 6.45) is 0.136. The summed E-state index contributed by atoms with van der Waals surface area (Å²) < 4.78 is 34.2. The van der Waals surface area contributed by atoms with Gasteiger partial charge in [-0.2, -0.15) is 4.31 Å². The van der Waals surface area contributed by atoms with Gasteiger partial charge in [0.1, 0.15) is 10.9 Å². The predicted octanol–water partition coefficient (Wildman–Crippen LogP) is 2.93. The average molecular weight is 448 g/mol. The van der Waals surface area contributed by atoms with Crippen LogP contribution in [0.5, 0.6) is 0 Å².